The Kier molecular flexibility index (Phi) is 6.00. The van der Waals surface area contributed by atoms with Crippen molar-refractivity contribution in [3.05, 3.63) is 29.0 Å². The maximum atomic E-state index is 12.2. The van der Waals surface area contributed by atoms with Gasteiger partial charge in [-0.25, -0.2) is 9.97 Å². The van der Waals surface area contributed by atoms with Crippen molar-refractivity contribution in [3.63, 3.8) is 0 Å². The Morgan fingerprint density at radius 3 is 2.91 bits per heavy atom. The number of aliphatic hydroxyl groups excluding tert-OH is 2. The number of hydrogen-bond donors (Lipinski definition) is 4. The van der Waals surface area contributed by atoms with Gasteiger partial charge in [0.25, 0.3) is 5.91 Å². The van der Waals surface area contributed by atoms with E-state index in [-0.39, 0.29) is 18.6 Å². The van der Waals surface area contributed by atoms with Gasteiger partial charge in [0.1, 0.15) is 16.8 Å². The Bertz CT molecular complexity index is 1230. The van der Waals surface area contributed by atoms with Gasteiger partial charge in [0.2, 0.25) is 0 Å². The Morgan fingerprint density at radius 1 is 1.37 bits per heavy atom. The number of anilines is 1. The van der Waals surface area contributed by atoms with Crippen molar-refractivity contribution in [3.8, 4) is 10.6 Å². The van der Waals surface area contributed by atoms with Crippen molar-refractivity contribution in [1.29, 1.82) is 0 Å². The van der Waals surface area contributed by atoms with Crippen LogP contribution < -0.4 is 5.32 Å². The van der Waals surface area contributed by atoms with Gasteiger partial charge in [0.15, 0.2) is 0 Å². The van der Waals surface area contributed by atoms with Gasteiger partial charge in [-0.2, -0.15) is 0 Å². The first kappa shape index (κ1) is 22.9. The second-order valence-electron chi connectivity index (χ2n) is 9.99. The molecule has 3 aromatic heterocycles. The molecule has 1 saturated carbocycles. The quantitative estimate of drug-likeness (QED) is 0.396. The number of aryl methyl sites for hydroxylation is 1. The molecular formula is C25H31N5O4S. The first-order chi connectivity index (χ1) is 17.0. The molecule has 2 unspecified atom stereocenters. The number of likely N-dealkylation sites (tertiary alicyclic amines) is 1. The van der Waals surface area contributed by atoms with Crippen molar-refractivity contribution in [2.24, 2.45) is 11.8 Å². The fourth-order valence-corrected chi connectivity index (χ4v) is 7.27. The first-order valence-corrected chi connectivity index (χ1v) is 13.3. The summed E-state index contributed by atoms with van der Waals surface area (Å²) in [6.45, 7) is 3.36. The Hall–Kier alpha value is -2.53. The minimum atomic E-state index is -0.933. The number of hydrogen-bond acceptors (Lipinski definition) is 8. The molecule has 3 aliphatic rings. The number of aliphatic hydroxyl groups is 2. The van der Waals surface area contributed by atoms with Gasteiger partial charge in [-0.1, -0.05) is 0 Å². The molecule has 1 amide bonds. The maximum Gasteiger partial charge on any atom is 0.251 e. The van der Waals surface area contributed by atoms with Crippen LogP contribution in [0.1, 0.15) is 42.9 Å². The van der Waals surface area contributed by atoms with Crippen LogP contribution in [0.4, 0.5) is 5.69 Å². The monoisotopic (exact) mass is 497 g/mol. The fourth-order valence-electron chi connectivity index (χ4n) is 6.05. The van der Waals surface area contributed by atoms with Crippen molar-refractivity contribution in [1.82, 2.24) is 19.9 Å². The molecule has 4 heterocycles. The van der Waals surface area contributed by atoms with Gasteiger partial charge in [-0.3, -0.25) is 4.79 Å². The van der Waals surface area contributed by atoms with E-state index in [4.69, 9.17) is 14.8 Å². The molecule has 0 radical (unpaired) electrons. The molecule has 10 heteroatoms. The van der Waals surface area contributed by atoms with E-state index in [0.29, 0.717) is 24.5 Å². The zero-order valence-electron chi connectivity index (χ0n) is 19.7. The highest BCUT2D eigenvalue weighted by molar-refractivity contribution is 7.15. The van der Waals surface area contributed by atoms with Crippen LogP contribution in [-0.4, -0.2) is 74.4 Å². The highest BCUT2D eigenvalue weighted by Gasteiger charge is 2.43. The van der Waals surface area contributed by atoms with Crippen molar-refractivity contribution >= 4 is 34.0 Å². The number of nitrogens with one attached hydrogen (secondary N) is 2. The summed E-state index contributed by atoms with van der Waals surface area (Å²) < 4.78 is 5.85. The SMILES string of the molecule is C[C@H](O)C(=O)N1C[C@H]2CC(Nc3c(-c4nc5c(s4)C(OCCO)CC5)cnc4[nH]ccc34)C[C@H]2C1. The smallest absolute Gasteiger partial charge is 0.251 e. The molecule has 3 aromatic rings. The summed E-state index contributed by atoms with van der Waals surface area (Å²) >= 11 is 1.66. The molecular weight excluding hydrogens is 466 g/mol. The zero-order valence-corrected chi connectivity index (χ0v) is 20.6. The third-order valence-electron chi connectivity index (χ3n) is 7.66. The molecule has 186 valence electrons. The van der Waals surface area contributed by atoms with E-state index in [1.54, 1.807) is 18.3 Å². The molecule has 0 bridgehead atoms. The van der Waals surface area contributed by atoms with E-state index in [1.165, 1.54) is 0 Å². The number of carbonyl (C=O) groups is 1. The van der Waals surface area contributed by atoms with Gasteiger partial charge < -0.3 is 30.2 Å². The second kappa shape index (κ2) is 9.16. The number of nitrogens with zero attached hydrogens (tertiary/aromatic N) is 3. The van der Waals surface area contributed by atoms with Crippen LogP contribution in [0.15, 0.2) is 18.5 Å². The molecule has 2 fully saturated rings. The van der Waals surface area contributed by atoms with Crippen LogP contribution in [0.5, 0.6) is 0 Å². The lowest BCUT2D eigenvalue weighted by atomic mass is 10.0. The lowest BCUT2D eigenvalue weighted by Crippen LogP contribution is -2.37. The molecule has 5 atom stereocenters. The third kappa shape index (κ3) is 4.12. The van der Waals surface area contributed by atoms with E-state index in [9.17, 15) is 9.90 Å². The van der Waals surface area contributed by atoms with E-state index >= 15 is 0 Å². The normalized spacial score (nSPS) is 26.3. The zero-order chi connectivity index (χ0) is 24.1. The van der Waals surface area contributed by atoms with E-state index in [1.807, 2.05) is 17.3 Å². The fraction of sp³-hybridized carbons (Fsp3) is 0.560. The van der Waals surface area contributed by atoms with Crippen LogP contribution in [0.3, 0.4) is 0 Å². The molecule has 4 N–H and O–H groups in total. The maximum absolute atomic E-state index is 12.2. The Balaban J connectivity index is 1.25. The van der Waals surface area contributed by atoms with Crippen LogP contribution in [0.25, 0.3) is 21.6 Å². The van der Waals surface area contributed by atoms with Crippen molar-refractivity contribution < 1.29 is 19.7 Å². The number of aromatic nitrogens is 3. The van der Waals surface area contributed by atoms with Gasteiger partial charge in [-0.05, 0) is 50.5 Å². The number of amides is 1. The lowest BCUT2D eigenvalue weighted by molar-refractivity contribution is -0.138. The number of carbonyl (C=O) groups excluding carboxylic acids is 1. The Morgan fingerprint density at radius 2 is 2.17 bits per heavy atom. The molecule has 2 aliphatic carbocycles. The number of ether oxygens (including phenoxy) is 1. The van der Waals surface area contributed by atoms with Crippen LogP contribution in [0.2, 0.25) is 0 Å². The molecule has 1 aliphatic heterocycles. The average Bonchev–Trinajstić information content (AvgIpc) is 3.63. The van der Waals surface area contributed by atoms with Gasteiger partial charge >= 0.3 is 0 Å². The minimum absolute atomic E-state index is 0.00487. The standard InChI is InChI=1S/C25H31N5O4S/c1-13(32)25(33)30-11-14-8-16(9-15(14)12-30)28-21-17-4-5-26-23(17)27-10-18(21)24-29-19-2-3-20(22(19)35-24)34-7-6-31/h4-5,10,13-16,20,31-32H,2-3,6-9,11-12H2,1H3,(H2,26,27,28)/t13-,14-,15+,16?,20?/m0/s1. The Labute approximate surface area is 207 Å². The van der Waals surface area contributed by atoms with Gasteiger partial charge in [0.05, 0.1) is 41.1 Å². The summed E-state index contributed by atoms with van der Waals surface area (Å²) in [5, 5.41) is 24.6. The highest BCUT2D eigenvalue weighted by Crippen LogP contribution is 2.45. The number of pyridine rings is 1. The van der Waals surface area contributed by atoms with Crippen LogP contribution >= 0.6 is 11.3 Å². The minimum Gasteiger partial charge on any atom is -0.394 e. The van der Waals surface area contributed by atoms with E-state index in [0.717, 1.165) is 76.6 Å². The average molecular weight is 498 g/mol. The molecule has 0 spiro atoms. The topological polar surface area (TPSA) is 124 Å². The molecule has 9 nitrogen and oxygen atoms in total. The summed E-state index contributed by atoms with van der Waals surface area (Å²) in [4.78, 5) is 28.0. The number of rotatable bonds is 7. The predicted molar refractivity (Wildman–Crippen MR) is 133 cm³/mol. The van der Waals surface area contributed by atoms with Crippen LogP contribution in [0, 0.1) is 11.8 Å². The van der Waals surface area contributed by atoms with Crippen molar-refractivity contribution in [2.45, 2.75) is 50.9 Å². The van der Waals surface area contributed by atoms with Gasteiger partial charge in [0, 0.05) is 36.9 Å². The molecule has 0 aromatic carbocycles. The predicted octanol–water partition coefficient (Wildman–Crippen LogP) is 2.71. The largest absolute Gasteiger partial charge is 0.394 e. The lowest BCUT2D eigenvalue weighted by Gasteiger charge is -2.22. The second-order valence-corrected chi connectivity index (χ2v) is 11.0. The van der Waals surface area contributed by atoms with Gasteiger partial charge in [-0.15, -0.1) is 11.3 Å². The summed E-state index contributed by atoms with van der Waals surface area (Å²) in [5.74, 6) is 0.748. The first-order valence-electron chi connectivity index (χ1n) is 12.4. The number of fused-ring (bicyclic) bond motifs is 3. The third-order valence-corrected chi connectivity index (χ3v) is 8.88. The van der Waals surface area contributed by atoms with E-state index < -0.39 is 6.10 Å². The van der Waals surface area contributed by atoms with E-state index in [2.05, 4.69) is 21.4 Å². The number of aromatic amines is 1. The number of H-pyrrole nitrogens is 1. The molecule has 6 rings (SSSR count). The molecule has 35 heavy (non-hydrogen) atoms. The summed E-state index contributed by atoms with van der Waals surface area (Å²) in [6, 6.07) is 2.36. The number of thiazole rings is 1. The molecule has 1 saturated heterocycles. The highest BCUT2D eigenvalue weighted by atomic mass is 32.1. The summed E-state index contributed by atoms with van der Waals surface area (Å²) in [5.41, 5.74) is 3.99. The van der Waals surface area contributed by atoms with Crippen molar-refractivity contribution in [2.75, 3.05) is 31.6 Å². The summed E-state index contributed by atoms with van der Waals surface area (Å²) in [6.07, 6.45) is 6.67. The summed E-state index contributed by atoms with van der Waals surface area (Å²) in [7, 11) is 0. The van der Waals surface area contributed by atoms with Crippen LogP contribution in [-0.2, 0) is 16.0 Å².